The molecule has 10 rings (SSSR count). The number of esters is 3. The van der Waals surface area contributed by atoms with Gasteiger partial charge in [0.05, 0.1) is 57.2 Å². The molecule has 16 heteroatoms. The van der Waals surface area contributed by atoms with Gasteiger partial charge in [-0.1, -0.05) is 115 Å². The summed E-state index contributed by atoms with van der Waals surface area (Å²) in [7, 11) is 2.30. The Morgan fingerprint density at radius 1 is 0.750 bits per heavy atom. The molecule has 4 heterocycles. The summed E-state index contributed by atoms with van der Waals surface area (Å²) >= 11 is 0. The largest absolute Gasteiger partial charge is 0.508 e. The molecule has 0 aliphatic carbocycles. The number of morpholine rings is 2. The number of benzene rings is 6. The van der Waals surface area contributed by atoms with Crippen LogP contribution in [0.5, 0.6) is 5.75 Å². The first-order valence-corrected chi connectivity index (χ1v) is 25.0. The molecule has 3 saturated heterocycles. The van der Waals surface area contributed by atoms with Crippen LogP contribution in [0.3, 0.4) is 0 Å². The van der Waals surface area contributed by atoms with Crippen molar-refractivity contribution in [1.82, 2.24) is 10.2 Å². The van der Waals surface area contributed by atoms with Crippen LogP contribution in [0.2, 0.25) is 0 Å². The van der Waals surface area contributed by atoms with Gasteiger partial charge in [-0.25, -0.2) is 9.69 Å². The van der Waals surface area contributed by atoms with E-state index in [4.69, 9.17) is 18.9 Å². The summed E-state index contributed by atoms with van der Waals surface area (Å²) in [4.78, 5) is 94.2. The molecule has 76 heavy (non-hydrogen) atoms. The third-order valence-corrected chi connectivity index (χ3v) is 14.8. The first kappa shape index (κ1) is 50.7. The molecule has 1 spiro atoms. The van der Waals surface area contributed by atoms with E-state index in [1.54, 1.807) is 49.4 Å². The lowest BCUT2D eigenvalue weighted by atomic mass is 9.65. The Hall–Kier alpha value is -8.78. The normalized spacial score (nSPS) is 22.1. The number of nitrogens with one attached hydrogen (secondary N) is 2. The second kappa shape index (κ2) is 21.6. The van der Waals surface area contributed by atoms with Crippen molar-refractivity contribution < 1.29 is 52.8 Å². The minimum atomic E-state index is -2.15. The zero-order valence-corrected chi connectivity index (χ0v) is 42.0. The van der Waals surface area contributed by atoms with Gasteiger partial charge in [0.2, 0.25) is 11.8 Å². The fraction of sp³-hybridized carbons (Fsp3) is 0.267. The summed E-state index contributed by atoms with van der Waals surface area (Å²) in [6.07, 6.45) is -1.27. The molecule has 6 aromatic rings. The third-order valence-electron chi connectivity index (χ3n) is 14.8. The van der Waals surface area contributed by atoms with E-state index in [0.29, 0.717) is 48.7 Å². The van der Waals surface area contributed by atoms with Crippen LogP contribution < -0.4 is 20.4 Å². The second-order valence-electron chi connectivity index (χ2n) is 19.1. The van der Waals surface area contributed by atoms with Gasteiger partial charge in [0.25, 0.3) is 0 Å². The van der Waals surface area contributed by atoms with E-state index in [-0.39, 0.29) is 29.0 Å². The molecule has 7 unspecified atom stereocenters. The zero-order chi connectivity index (χ0) is 53.1. The average molecular weight is 1020 g/mol. The highest BCUT2D eigenvalue weighted by Gasteiger charge is 2.75. The number of carbonyl (C=O) groups is 6. The Balaban J connectivity index is 1.22. The molecule has 7 atom stereocenters. The molecule has 16 nitrogen and oxygen atoms in total. The van der Waals surface area contributed by atoms with E-state index < -0.39 is 83.3 Å². The van der Waals surface area contributed by atoms with Crippen LogP contribution in [-0.2, 0) is 48.3 Å². The Labute approximate surface area is 439 Å². The Bertz CT molecular complexity index is 3200. The number of methoxy groups -OCH3 is 2. The molecule has 6 aromatic carbocycles. The highest BCUT2D eigenvalue weighted by molar-refractivity contribution is 6.25. The summed E-state index contributed by atoms with van der Waals surface area (Å²) in [6, 6.07) is 41.2. The molecule has 3 N–H and O–H groups in total. The van der Waals surface area contributed by atoms with Crippen LogP contribution in [0.4, 0.5) is 21.9 Å². The number of aromatic hydroxyl groups is 1. The van der Waals surface area contributed by atoms with E-state index in [9.17, 15) is 14.7 Å². The number of hydrogen-bond donors (Lipinski definition) is 3. The smallest absolute Gasteiger partial charge is 0.329 e. The van der Waals surface area contributed by atoms with Crippen LogP contribution >= 0.6 is 0 Å². The number of phenolic OH excluding ortho intramolecular Hbond substituents is 1. The molecule has 4 amide bonds. The number of imide groups is 1. The van der Waals surface area contributed by atoms with E-state index >= 15 is 19.2 Å². The van der Waals surface area contributed by atoms with E-state index in [2.05, 4.69) is 27.4 Å². The molecule has 4 aliphatic rings. The number of amides is 4. The summed E-state index contributed by atoms with van der Waals surface area (Å²) in [6.45, 7) is 4.29. The molecule has 4 aliphatic heterocycles. The Morgan fingerprint density at radius 3 is 2.00 bits per heavy atom. The number of urea groups is 1. The van der Waals surface area contributed by atoms with Gasteiger partial charge in [-0.2, -0.15) is 0 Å². The van der Waals surface area contributed by atoms with Crippen molar-refractivity contribution in [3.05, 3.63) is 191 Å². The van der Waals surface area contributed by atoms with Crippen molar-refractivity contribution in [3.8, 4) is 17.6 Å². The first-order valence-electron chi connectivity index (χ1n) is 25.0. The van der Waals surface area contributed by atoms with E-state index in [1.165, 1.54) is 12.1 Å². The van der Waals surface area contributed by atoms with Crippen molar-refractivity contribution in [2.75, 3.05) is 55.6 Å². The predicted molar refractivity (Wildman–Crippen MR) is 281 cm³/mol. The van der Waals surface area contributed by atoms with Gasteiger partial charge in [0.15, 0.2) is 5.92 Å². The molecular formula is C60H55N5O11. The van der Waals surface area contributed by atoms with E-state index in [0.717, 1.165) is 30.4 Å². The Morgan fingerprint density at radius 2 is 1.37 bits per heavy atom. The van der Waals surface area contributed by atoms with Crippen LogP contribution in [0.25, 0.3) is 0 Å². The van der Waals surface area contributed by atoms with E-state index in [1.807, 2.05) is 108 Å². The maximum Gasteiger partial charge on any atom is 0.329 e. The molecular weight excluding hydrogens is 967 g/mol. The van der Waals surface area contributed by atoms with Crippen molar-refractivity contribution >= 4 is 52.8 Å². The van der Waals surface area contributed by atoms with Gasteiger partial charge in [-0.05, 0) is 89.3 Å². The molecule has 386 valence electrons. The summed E-state index contributed by atoms with van der Waals surface area (Å²) in [5, 5.41) is 17.0. The molecule has 3 fully saturated rings. The van der Waals surface area contributed by atoms with Crippen LogP contribution in [0, 0.1) is 23.7 Å². The van der Waals surface area contributed by atoms with Crippen LogP contribution in [0.1, 0.15) is 71.0 Å². The minimum Gasteiger partial charge on any atom is -0.508 e. The fourth-order valence-corrected chi connectivity index (χ4v) is 11.3. The lowest BCUT2D eigenvalue weighted by Gasteiger charge is -2.46. The second-order valence-corrected chi connectivity index (χ2v) is 19.1. The van der Waals surface area contributed by atoms with Crippen molar-refractivity contribution in [2.24, 2.45) is 11.8 Å². The van der Waals surface area contributed by atoms with Crippen molar-refractivity contribution in [2.45, 2.75) is 49.0 Å². The SMILES string of the molecule is COC(=O)C(CC#Cc1ccc2c(c1)C1(C(=O)N2C(=O)NC(C)c2ccccc2)C(C(=O)Nc2ccc(N3CCOCC3)cc2)C2C(=O)OC(c3ccccc3)C(c3ccccc3)N2C1c1ccc(O)cc1)C(=O)OC. The van der Waals surface area contributed by atoms with Gasteiger partial charge in [-0.15, -0.1) is 0 Å². The number of ether oxygens (including phenoxy) is 4. The summed E-state index contributed by atoms with van der Waals surface area (Å²) in [5.74, 6) is -1.12. The molecule has 0 radical (unpaired) electrons. The predicted octanol–water partition coefficient (Wildman–Crippen LogP) is 7.71. The van der Waals surface area contributed by atoms with Gasteiger partial charge < -0.3 is 39.6 Å². The molecule has 0 aromatic heterocycles. The zero-order valence-electron chi connectivity index (χ0n) is 42.0. The first-order chi connectivity index (χ1) is 36.9. The number of hydrogen-bond acceptors (Lipinski definition) is 13. The molecule has 0 bridgehead atoms. The maximum absolute atomic E-state index is 16.8. The maximum atomic E-state index is 16.8. The average Bonchev–Trinajstić information content (AvgIpc) is 3.98. The van der Waals surface area contributed by atoms with Crippen LogP contribution in [-0.4, -0.2) is 92.3 Å². The van der Waals surface area contributed by atoms with Gasteiger partial charge in [0, 0.05) is 36.4 Å². The monoisotopic (exact) mass is 1020 g/mol. The van der Waals surface area contributed by atoms with Gasteiger partial charge in [0.1, 0.15) is 23.3 Å². The minimum absolute atomic E-state index is 0.0779. The highest BCUT2D eigenvalue weighted by atomic mass is 16.6. The number of anilines is 3. The van der Waals surface area contributed by atoms with Gasteiger partial charge >= 0.3 is 23.9 Å². The highest BCUT2D eigenvalue weighted by Crippen LogP contribution is 2.66. The summed E-state index contributed by atoms with van der Waals surface area (Å²) < 4.78 is 21.9. The lowest BCUT2D eigenvalue weighted by molar-refractivity contribution is -0.178. The standard InChI is InChI=1S/C60H55N5O11/c1-37(39-15-7-4-8-16-39)61-59(72)64-48-31-22-38(14-13-21-46(55(68)73-2)56(69)74-3)36-47(48)60(58(64)71)49(54(67)62-43-25-27-44(28-26-43)63-32-34-75-35-33-63)51-57(70)76-52(41-19-11-6-12-20-41)50(40-17-9-5-10-18-40)65(51)53(60)42-23-29-45(66)30-24-42/h4-12,15-20,22-31,36-37,46,49-53,66H,21,32-35H2,1-3H3,(H,61,72)(H,62,67). The molecule has 0 saturated carbocycles. The van der Waals surface area contributed by atoms with Crippen molar-refractivity contribution in [3.63, 3.8) is 0 Å². The number of phenols is 1. The fourth-order valence-electron chi connectivity index (χ4n) is 11.3. The van der Waals surface area contributed by atoms with Crippen molar-refractivity contribution in [1.29, 1.82) is 0 Å². The number of rotatable bonds is 11. The van der Waals surface area contributed by atoms with Gasteiger partial charge in [-0.3, -0.25) is 28.9 Å². The number of carbonyl (C=O) groups excluding carboxylic acids is 6. The third kappa shape index (κ3) is 9.28. The quantitative estimate of drug-likeness (QED) is 0.0495. The van der Waals surface area contributed by atoms with Crippen LogP contribution in [0.15, 0.2) is 158 Å². The lowest BCUT2D eigenvalue weighted by Crippen LogP contribution is -2.55. The topological polar surface area (TPSA) is 193 Å². The summed E-state index contributed by atoms with van der Waals surface area (Å²) in [5.41, 5.74) is 2.29. The Kier molecular flexibility index (Phi) is 14.4. The number of cyclic esters (lactones) is 1. The number of nitrogens with zero attached hydrogens (tertiary/aromatic N) is 3. The number of fused-ring (bicyclic) bond motifs is 3.